The van der Waals surface area contributed by atoms with Crippen LogP contribution in [0, 0.1) is 6.92 Å². The molecule has 0 bridgehead atoms. The van der Waals surface area contributed by atoms with Gasteiger partial charge in [-0.3, -0.25) is 9.59 Å². The van der Waals surface area contributed by atoms with Gasteiger partial charge in [-0.15, -0.1) is 0 Å². The largest absolute Gasteiger partial charge is 0.493 e. The number of piperidine rings is 1. The van der Waals surface area contributed by atoms with Gasteiger partial charge in [-0.1, -0.05) is 24.3 Å². The van der Waals surface area contributed by atoms with E-state index in [1.807, 2.05) is 60.4 Å². The fourth-order valence-electron chi connectivity index (χ4n) is 4.71. The zero-order valence-electron chi connectivity index (χ0n) is 21.5. The molecule has 192 valence electrons. The monoisotopic (exact) mass is 500 g/mol. The summed E-state index contributed by atoms with van der Waals surface area (Å²) in [6.45, 7) is 5.59. The molecule has 0 radical (unpaired) electrons. The van der Waals surface area contributed by atoms with Gasteiger partial charge < -0.3 is 19.7 Å². The fraction of sp³-hybridized carbons (Fsp3) is 0.300. The molecular formula is C30H32N2O5. The molecular weight excluding hydrogens is 468 g/mol. The lowest BCUT2D eigenvalue weighted by molar-refractivity contribution is 0.0599. The van der Waals surface area contributed by atoms with E-state index in [0.29, 0.717) is 59.3 Å². The van der Waals surface area contributed by atoms with Gasteiger partial charge in [0, 0.05) is 24.3 Å². The molecule has 37 heavy (non-hydrogen) atoms. The quantitative estimate of drug-likeness (QED) is 0.436. The van der Waals surface area contributed by atoms with E-state index in [2.05, 4.69) is 5.32 Å². The van der Waals surface area contributed by atoms with E-state index in [1.54, 1.807) is 25.1 Å². The number of amides is 2. The Morgan fingerprint density at radius 2 is 1.65 bits per heavy atom. The minimum absolute atomic E-state index is 0.00970. The van der Waals surface area contributed by atoms with Crippen LogP contribution in [0.1, 0.15) is 67.9 Å². The highest BCUT2D eigenvalue weighted by Crippen LogP contribution is 2.30. The van der Waals surface area contributed by atoms with E-state index in [9.17, 15) is 14.4 Å². The molecule has 3 aromatic carbocycles. The number of carbonyl (C=O) groups is 3. The van der Waals surface area contributed by atoms with Crippen LogP contribution in [-0.4, -0.2) is 49.5 Å². The first kappa shape index (κ1) is 25.9. The van der Waals surface area contributed by atoms with Crippen molar-refractivity contribution in [2.24, 2.45) is 0 Å². The summed E-state index contributed by atoms with van der Waals surface area (Å²) in [6, 6.07) is 20.1. The summed E-state index contributed by atoms with van der Waals surface area (Å²) < 4.78 is 10.4. The second-order valence-corrected chi connectivity index (χ2v) is 9.09. The predicted molar refractivity (Wildman–Crippen MR) is 142 cm³/mol. The molecule has 7 heteroatoms. The zero-order valence-corrected chi connectivity index (χ0v) is 21.5. The number of esters is 1. The van der Waals surface area contributed by atoms with Crippen LogP contribution in [0.3, 0.4) is 0 Å². The van der Waals surface area contributed by atoms with Gasteiger partial charge >= 0.3 is 5.97 Å². The van der Waals surface area contributed by atoms with E-state index in [0.717, 1.165) is 12.8 Å². The maximum atomic E-state index is 13.1. The highest BCUT2D eigenvalue weighted by Gasteiger charge is 2.26. The number of methoxy groups -OCH3 is 1. The number of nitrogens with one attached hydrogen (secondary N) is 1. The third-order valence-corrected chi connectivity index (χ3v) is 6.73. The van der Waals surface area contributed by atoms with Crippen LogP contribution < -0.4 is 10.1 Å². The lowest BCUT2D eigenvalue weighted by Gasteiger charge is -2.32. The van der Waals surface area contributed by atoms with E-state index in [1.165, 1.54) is 12.7 Å². The Morgan fingerprint density at radius 3 is 2.30 bits per heavy atom. The van der Waals surface area contributed by atoms with Crippen molar-refractivity contribution in [2.45, 2.75) is 32.6 Å². The van der Waals surface area contributed by atoms with Gasteiger partial charge in [0.05, 0.1) is 24.8 Å². The highest BCUT2D eigenvalue weighted by atomic mass is 16.5. The average Bonchev–Trinajstić information content (AvgIpc) is 2.93. The van der Waals surface area contributed by atoms with Crippen molar-refractivity contribution in [2.75, 3.05) is 32.1 Å². The number of carbonyl (C=O) groups excluding carboxylic acids is 3. The van der Waals surface area contributed by atoms with Crippen molar-refractivity contribution in [3.63, 3.8) is 0 Å². The molecule has 1 aliphatic heterocycles. The van der Waals surface area contributed by atoms with Crippen LogP contribution in [-0.2, 0) is 4.74 Å². The molecule has 1 aliphatic rings. The molecule has 0 aliphatic carbocycles. The Morgan fingerprint density at radius 1 is 0.946 bits per heavy atom. The molecule has 0 atom stereocenters. The predicted octanol–water partition coefficient (Wildman–Crippen LogP) is 5.45. The molecule has 1 saturated heterocycles. The third-order valence-electron chi connectivity index (χ3n) is 6.73. The van der Waals surface area contributed by atoms with Gasteiger partial charge in [-0.25, -0.2) is 4.79 Å². The lowest BCUT2D eigenvalue weighted by Crippen LogP contribution is -2.38. The second kappa shape index (κ2) is 11.7. The van der Waals surface area contributed by atoms with Crippen molar-refractivity contribution < 1.29 is 23.9 Å². The molecule has 0 unspecified atom stereocenters. The minimum atomic E-state index is -0.434. The number of likely N-dealkylation sites (tertiary alicyclic amines) is 1. The maximum absolute atomic E-state index is 13.1. The van der Waals surface area contributed by atoms with Crippen molar-refractivity contribution >= 4 is 23.5 Å². The van der Waals surface area contributed by atoms with E-state index in [-0.39, 0.29) is 11.8 Å². The molecule has 4 rings (SSSR count). The lowest BCUT2D eigenvalue weighted by atomic mass is 9.89. The Labute approximate surface area is 217 Å². The molecule has 1 fully saturated rings. The molecule has 1 heterocycles. The van der Waals surface area contributed by atoms with Crippen molar-refractivity contribution in [3.8, 4) is 5.75 Å². The second-order valence-electron chi connectivity index (χ2n) is 9.09. The summed E-state index contributed by atoms with van der Waals surface area (Å²) in [5, 5.41) is 2.93. The highest BCUT2D eigenvalue weighted by molar-refractivity contribution is 6.06. The van der Waals surface area contributed by atoms with Crippen molar-refractivity contribution in [1.82, 2.24) is 4.90 Å². The van der Waals surface area contributed by atoms with Crippen LogP contribution >= 0.6 is 0 Å². The number of para-hydroxylation sites is 1. The molecule has 2 amide bonds. The number of benzene rings is 3. The van der Waals surface area contributed by atoms with Crippen LogP contribution in [0.5, 0.6) is 5.75 Å². The number of ether oxygens (including phenoxy) is 2. The van der Waals surface area contributed by atoms with Crippen molar-refractivity contribution in [1.29, 1.82) is 0 Å². The molecule has 0 spiro atoms. The third kappa shape index (κ3) is 6.00. The standard InChI is InChI=1S/C30H32N2O5/c1-4-37-27-8-6-5-7-26(27)29(34)32-17-15-22(16-18-32)21-9-12-24(13-10-21)31-28(33)25-14-11-23(19-20(25)2)30(35)36-3/h5-14,19,22H,4,15-18H2,1-3H3,(H,31,33). The summed E-state index contributed by atoms with van der Waals surface area (Å²) in [5.74, 6) is 0.320. The van der Waals surface area contributed by atoms with Crippen LogP contribution in [0.25, 0.3) is 0 Å². The topological polar surface area (TPSA) is 84.9 Å². The summed E-state index contributed by atoms with van der Waals surface area (Å²) in [4.78, 5) is 39.5. The number of hydrogen-bond acceptors (Lipinski definition) is 5. The fourth-order valence-corrected chi connectivity index (χ4v) is 4.71. The Bertz CT molecular complexity index is 1280. The van der Waals surface area contributed by atoms with Gasteiger partial charge in [0.15, 0.2) is 0 Å². The summed E-state index contributed by atoms with van der Waals surface area (Å²) in [6.07, 6.45) is 1.75. The van der Waals surface area contributed by atoms with E-state index in [4.69, 9.17) is 9.47 Å². The van der Waals surface area contributed by atoms with Gasteiger partial charge in [-0.05, 0) is 86.2 Å². The van der Waals surface area contributed by atoms with E-state index >= 15 is 0 Å². The SMILES string of the molecule is CCOc1ccccc1C(=O)N1CCC(c2ccc(NC(=O)c3ccc(C(=O)OC)cc3C)cc2)CC1. The first-order chi connectivity index (χ1) is 17.9. The molecule has 7 nitrogen and oxygen atoms in total. The summed E-state index contributed by atoms with van der Waals surface area (Å²) >= 11 is 0. The van der Waals surface area contributed by atoms with Crippen LogP contribution in [0.15, 0.2) is 66.7 Å². The summed E-state index contributed by atoms with van der Waals surface area (Å²) in [7, 11) is 1.33. The first-order valence-electron chi connectivity index (χ1n) is 12.5. The number of rotatable bonds is 7. The zero-order chi connectivity index (χ0) is 26.4. The Kier molecular flexibility index (Phi) is 8.23. The van der Waals surface area contributed by atoms with Gasteiger partial charge in [0.2, 0.25) is 0 Å². The normalized spacial score (nSPS) is 13.6. The Hall–Kier alpha value is -4.13. The minimum Gasteiger partial charge on any atom is -0.493 e. The Balaban J connectivity index is 1.35. The van der Waals surface area contributed by atoms with Gasteiger partial charge in [0.1, 0.15) is 5.75 Å². The van der Waals surface area contributed by atoms with Crippen LogP contribution in [0.2, 0.25) is 0 Å². The summed E-state index contributed by atoms with van der Waals surface area (Å²) in [5.41, 5.74) is 4.11. The number of aryl methyl sites for hydroxylation is 1. The maximum Gasteiger partial charge on any atom is 0.337 e. The molecule has 0 saturated carbocycles. The molecule has 3 aromatic rings. The molecule has 0 aromatic heterocycles. The van der Waals surface area contributed by atoms with Gasteiger partial charge in [-0.2, -0.15) is 0 Å². The van der Waals surface area contributed by atoms with Crippen molar-refractivity contribution in [3.05, 3.63) is 94.5 Å². The number of hydrogen-bond donors (Lipinski definition) is 1. The van der Waals surface area contributed by atoms with Crippen LogP contribution in [0.4, 0.5) is 5.69 Å². The first-order valence-corrected chi connectivity index (χ1v) is 12.5. The number of anilines is 1. The molecule has 1 N–H and O–H groups in total. The smallest absolute Gasteiger partial charge is 0.337 e. The van der Waals surface area contributed by atoms with E-state index < -0.39 is 5.97 Å². The average molecular weight is 501 g/mol. The van der Waals surface area contributed by atoms with Gasteiger partial charge in [0.25, 0.3) is 11.8 Å². The number of nitrogens with zero attached hydrogens (tertiary/aromatic N) is 1.